The molecule has 118 valence electrons. The Bertz CT molecular complexity index is 472. The first-order chi connectivity index (χ1) is 9.97. The van der Waals surface area contributed by atoms with Gasteiger partial charge in [0.2, 0.25) is 0 Å². The maximum absolute atomic E-state index is 12.3. The Balaban J connectivity index is 1.95. The van der Waals surface area contributed by atoms with E-state index in [0.29, 0.717) is 23.6 Å². The number of carbonyl (C=O) groups is 1. The van der Waals surface area contributed by atoms with Crippen molar-refractivity contribution in [3.05, 3.63) is 16.1 Å². The van der Waals surface area contributed by atoms with E-state index < -0.39 is 0 Å². The van der Waals surface area contributed by atoms with Crippen LogP contribution in [0.4, 0.5) is 0 Å². The number of nitrogens with zero attached hydrogens (tertiary/aromatic N) is 1. The molecular formula is C16H27N3OS. The fourth-order valence-corrected chi connectivity index (χ4v) is 3.76. The number of nitrogens with one attached hydrogen (secondary N) is 1. The Kier molecular flexibility index (Phi) is 5.76. The largest absolute Gasteiger partial charge is 0.348 e. The van der Waals surface area contributed by atoms with Crippen molar-refractivity contribution in [2.75, 3.05) is 0 Å². The average molecular weight is 309 g/mol. The van der Waals surface area contributed by atoms with Crippen molar-refractivity contribution in [1.29, 1.82) is 0 Å². The van der Waals surface area contributed by atoms with Gasteiger partial charge in [0, 0.05) is 11.4 Å². The van der Waals surface area contributed by atoms with Crippen LogP contribution in [0.2, 0.25) is 0 Å². The van der Waals surface area contributed by atoms with Crippen molar-refractivity contribution in [1.82, 2.24) is 10.3 Å². The van der Waals surface area contributed by atoms with Crippen LogP contribution in [0, 0.1) is 11.8 Å². The summed E-state index contributed by atoms with van der Waals surface area (Å²) < 4.78 is 0. The first-order valence-corrected chi connectivity index (χ1v) is 8.87. The Morgan fingerprint density at radius 1 is 1.48 bits per heavy atom. The van der Waals surface area contributed by atoms with E-state index in [9.17, 15) is 4.79 Å². The summed E-state index contributed by atoms with van der Waals surface area (Å²) in [5, 5.41) is 5.84. The highest BCUT2D eigenvalue weighted by Crippen LogP contribution is 2.25. The molecule has 1 aromatic heterocycles. The molecule has 0 radical (unpaired) electrons. The van der Waals surface area contributed by atoms with Crippen molar-refractivity contribution in [2.45, 2.75) is 65.0 Å². The Morgan fingerprint density at radius 2 is 2.19 bits per heavy atom. The second-order valence-corrected chi connectivity index (χ2v) is 7.54. The van der Waals surface area contributed by atoms with E-state index in [2.05, 4.69) is 31.1 Å². The minimum Gasteiger partial charge on any atom is -0.348 e. The summed E-state index contributed by atoms with van der Waals surface area (Å²) in [6, 6.07) is 0.228. The molecule has 5 heteroatoms. The van der Waals surface area contributed by atoms with Crippen LogP contribution >= 0.6 is 11.3 Å². The van der Waals surface area contributed by atoms with Crippen LogP contribution in [-0.2, 0) is 0 Å². The minimum atomic E-state index is -0.0647. The van der Waals surface area contributed by atoms with E-state index >= 15 is 0 Å². The van der Waals surface area contributed by atoms with Crippen molar-refractivity contribution < 1.29 is 4.79 Å². The normalized spacial score (nSPS) is 24.0. The average Bonchev–Trinajstić information content (AvgIpc) is 2.90. The SMILES string of the molecule is CC(C)CC(N)c1nc(C(=O)NC2CCCCC2C)cs1. The number of hydrogen-bond donors (Lipinski definition) is 2. The Morgan fingerprint density at radius 3 is 2.86 bits per heavy atom. The standard InChI is InChI=1S/C16H27N3OS/c1-10(2)8-12(17)16-19-14(9-21-16)15(20)18-13-7-5-4-6-11(13)3/h9-13H,4-8,17H2,1-3H3,(H,18,20). The first-order valence-electron chi connectivity index (χ1n) is 7.99. The van der Waals surface area contributed by atoms with Gasteiger partial charge < -0.3 is 11.1 Å². The molecule has 3 atom stereocenters. The number of hydrogen-bond acceptors (Lipinski definition) is 4. The topological polar surface area (TPSA) is 68.0 Å². The maximum atomic E-state index is 12.3. The number of rotatable bonds is 5. The second-order valence-electron chi connectivity index (χ2n) is 6.65. The molecule has 4 nitrogen and oxygen atoms in total. The fourth-order valence-electron chi connectivity index (χ4n) is 2.94. The zero-order valence-corrected chi connectivity index (χ0v) is 14.1. The molecule has 0 aliphatic heterocycles. The first kappa shape index (κ1) is 16.4. The predicted molar refractivity (Wildman–Crippen MR) is 87.4 cm³/mol. The van der Waals surface area contributed by atoms with Gasteiger partial charge in [0.05, 0.1) is 6.04 Å². The summed E-state index contributed by atoms with van der Waals surface area (Å²) >= 11 is 1.49. The summed E-state index contributed by atoms with van der Waals surface area (Å²) in [5.74, 6) is 1.04. The minimum absolute atomic E-state index is 0.0482. The maximum Gasteiger partial charge on any atom is 0.270 e. The van der Waals surface area contributed by atoms with Gasteiger partial charge in [-0.05, 0) is 31.1 Å². The molecule has 0 spiro atoms. The van der Waals surface area contributed by atoms with E-state index in [4.69, 9.17) is 5.73 Å². The molecule has 0 saturated heterocycles. The molecule has 1 aromatic rings. The lowest BCUT2D eigenvalue weighted by Gasteiger charge is -2.29. The summed E-state index contributed by atoms with van der Waals surface area (Å²) in [6.07, 6.45) is 5.66. The molecule has 1 fully saturated rings. The monoisotopic (exact) mass is 309 g/mol. The summed E-state index contributed by atoms with van der Waals surface area (Å²) in [4.78, 5) is 16.7. The van der Waals surface area contributed by atoms with Crippen molar-refractivity contribution in [2.24, 2.45) is 17.6 Å². The van der Waals surface area contributed by atoms with Crippen LogP contribution < -0.4 is 11.1 Å². The van der Waals surface area contributed by atoms with Gasteiger partial charge in [-0.15, -0.1) is 11.3 Å². The summed E-state index contributed by atoms with van der Waals surface area (Å²) in [7, 11) is 0. The molecule has 1 aliphatic rings. The van der Waals surface area contributed by atoms with Gasteiger partial charge in [-0.1, -0.05) is 33.6 Å². The molecule has 0 aromatic carbocycles. The number of amides is 1. The highest BCUT2D eigenvalue weighted by atomic mass is 32.1. The van der Waals surface area contributed by atoms with E-state index in [1.807, 2.05) is 5.38 Å². The van der Waals surface area contributed by atoms with Crippen molar-refractivity contribution in [3.8, 4) is 0 Å². The molecule has 1 amide bonds. The third-order valence-electron chi connectivity index (χ3n) is 4.23. The van der Waals surface area contributed by atoms with Crippen molar-refractivity contribution in [3.63, 3.8) is 0 Å². The van der Waals surface area contributed by atoms with Gasteiger partial charge in [-0.3, -0.25) is 4.79 Å². The van der Waals surface area contributed by atoms with E-state index in [0.717, 1.165) is 17.8 Å². The van der Waals surface area contributed by atoms with E-state index in [-0.39, 0.29) is 11.9 Å². The van der Waals surface area contributed by atoms with Crippen LogP contribution in [0.3, 0.4) is 0 Å². The van der Waals surface area contributed by atoms with Crippen LogP contribution in [0.5, 0.6) is 0 Å². The second kappa shape index (κ2) is 7.36. The zero-order valence-electron chi connectivity index (χ0n) is 13.3. The van der Waals surface area contributed by atoms with Gasteiger partial charge in [0.15, 0.2) is 0 Å². The summed E-state index contributed by atoms with van der Waals surface area (Å²) in [5.41, 5.74) is 6.65. The van der Waals surface area contributed by atoms with Gasteiger partial charge in [-0.2, -0.15) is 0 Å². The van der Waals surface area contributed by atoms with Crippen LogP contribution in [0.25, 0.3) is 0 Å². The van der Waals surface area contributed by atoms with E-state index in [1.54, 1.807) is 0 Å². The number of carbonyl (C=O) groups excluding carboxylic acids is 1. The molecule has 1 saturated carbocycles. The smallest absolute Gasteiger partial charge is 0.270 e. The van der Waals surface area contributed by atoms with Gasteiger partial charge >= 0.3 is 0 Å². The predicted octanol–water partition coefficient (Wildman–Crippen LogP) is 3.50. The van der Waals surface area contributed by atoms with Crippen LogP contribution in [0.1, 0.15) is 74.4 Å². The van der Waals surface area contributed by atoms with Gasteiger partial charge in [-0.25, -0.2) is 4.98 Å². The fraction of sp³-hybridized carbons (Fsp3) is 0.750. The molecular weight excluding hydrogens is 282 g/mol. The lowest BCUT2D eigenvalue weighted by atomic mass is 9.86. The highest BCUT2D eigenvalue weighted by Gasteiger charge is 2.24. The third-order valence-corrected chi connectivity index (χ3v) is 5.20. The van der Waals surface area contributed by atoms with Crippen LogP contribution in [0.15, 0.2) is 5.38 Å². The van der Waals surface area contributed by atoms with Gasteiger partial charge in [0.25, 0.3) is 5.91 Å². The Hall–Kier alpha value is -0.940. The molecule has 21 heavy (non-hydrogen) atoms. The lowest BCUT2D eigenvalue weighted by molar-refractivity contribution is 0.0905. The lowest BCUT2D eigenvalue weighted by Crippen LogP contribution is -2.41. The van der Waals surface area contributed by atoms with E-state index in [1.165, 1.54) is 30.6 Å². The quantitative estimate of drug-likeness (QED) is 0.874. The Labute approximate surface area is 131 Å². The third kappa shape index (κ3) is 4.51. The molecule has 3 N–H and O–H groups in total. The molecule has 3 unspecified atom stereocenters. The number of thiazole rings is 1. The number of nitrogens with two attached hydrogens (primary N) is 1. The van der Waals surface area contributed by atoms with Gasteiger partial charge in [0.1, 0.15) is 10.7 Å². The highest BCUT2D eigenvalue weighted by molar-refractivity contribution is 7.09. The van der Waals surface area contributed by atoms with Crippen molar-refractivity contribution >= 4 is 17.2 Å². The molecule has 2 rings (SSSR count). The summed E-state index contributed by atoms with van der Waals surface area (Å²) in [6.45, 7) is 6.51. The molecule has 1 heterocycles. The zero-order chi connectivity index (χ0) is 15.4. The number of aromatic nitrogens is 1. The van der Waals surface area contributed by atoms with Crippen LogP contribution in [-0.4, -0.2) is 16.9 Å². The molecule has 1 aliphatic carbocycles. The molecule has 0 bridgehead atoms.